The minimum absolute atomic E-state index is 0.158. The topological polar surface area (TPSA) is 52.6 Å². The van der Waals surface area contributed by atoms with Gasteiger partial charge in [-0.2, -0.15) is 0 Å². The number of carbonyl (C=O) groups is 2. The highest BCUT2D eigenvalue weighted by atomic mass is 16.5. The molecule has 1 atom stereocenters. The Labute approximate surface area is 148 Å². The van der Waals surface area contributed by atoms with Gasteiger partial charge in [-0.15, -0.1) is 0 Å². The van der Waals surface area contributed by atoms with Crippen LogP contribution in [0.1, 0.15) is 97.8 Å². The van der Waals surface area contributed by atoms with Crippen LogP contribution in [0.4, 0.5) is 0 Å². The molecule has 0 rings (SSSR count). The molecule has 142 valence electrons. The second-order valence-corrected chi connectivity index (χ2v) is 6.55. The van der Waals surface area contributed by atoms with Crippen LogP contribution in [0.25, 0.3) is 0 Å². The Morgan fingerprint density at radius 2 is 1.25 bits per heavy atom. The van der Waals surface area contributed by atoms with Crippen LogP contribution in [0, 0.1) is 5.92 Å². The molecular weight excluding hydrogens is 304 g/mol. The van der Waals surface area contributed by atoms with Crippen LogP contribution >= 0.6 is 0 Å². The van der Waals surface area contributed by atoms with Crippen molar-refractivity contribution in [3.63, 3.8) is 0 Å². The fourth-order valence-electron chi connectivity index (χ4n) is 2.56. The van der Waals surface area contributed by atoms with E-state index in [-0.39, 0.29) is 24.3 Å². The van der Waals surface area contributed by atoms with Crippen LogP contribution in [-0.4, -0.2) is 25.2 Å². The summed E-state index contributed by atoms with van der Waals surface area (Å²) in [6.07, 6.45) is 11.4. The number of ether oxygens (including phenoxy) is 2. The second-order valence-electron chi connectivity index (χ2n) is 6.55. The van der Waals surface area contributed by atoms with Crippen molar-refractivity contribution in [3.05, 3.63) is 0 Å². The first-order valence-electron chi connectivity index (χ1n) is 9.97. The Balaban J connectivity index is 4.23. The van der Waals surface area contributed by atoms with Crippen molar-refractivity contribution in [1.82, 2.24) is 0 Å². The molecule has 0 saturated carbocycles. The van der Waals surface area contributed by atoms with E-state index in [9.17, 15) is 9.59 Å². The minimum Gasteiger partial charge on any atom is -0.466 e. The summed E-state index contributed by atoms with van der Waals surface area (Å²) in [5.74, 6) is -0.840. The third-order valence-corrected chi connectivity index (χ3v) is 4.16. The summed E-state index contributed by atoms with van der Waals surface area (Å²) < 4.78 is 10.6. The Morgan fingerprint density at radius 3 is 1.83 bits per heavy atom. The highest BCUT2D eigenvalue weighted by molar-refractivity contribution is 5.79. The molecule has 0 aliphatic carbocycles. The van der Waals surface area contributed by atoms with Crippen molar-refractivity contribution in [1.29, 1.82) is 0 Å². The summed E-state index contributed by atoms with van der Waals surface area (Å²) in [6, 6.07) is 0. The standard InChI is InChI=1S/C20H38O4/c1-4-7-10-11-14-18(20(22)24-16-13-9-6-3)17-19(21)23-15-12-8-5-2/h18H,4-17H2,1-3H3. The summed E-state index contributed by atoms with van der Waals surface area (Å²) in [6.45, 7) is 7.31. The van der Waals surface area contributed by atoms with E-state index >= 15 is 0 Å². The molecule has 0 bridgehead atoms. The van der Waals surface area contributed by atoms with Crippen molar-refractivity contribution in [2.75, 3.05) is 13.2 Å². The normalized spacial score (nSPS) is 12.0. The number of hydrogen-bond donors (Lipinski definition) is 0. The summed E-state index contributed by atoms with van der Waals surface area (Å²) in [7, 11) is 0. The molecule has 0 aliphatic rings. The predicted molar refractivity (Wildman–Crippen MR) is 97.8 cm³/mol. The molecule has 0 aromatic rings. The van der Waals surface area contributed by atoms with Gasteiger partial charge in [-0.25, -0.2) is 0 Å². The average Bonchev–Trinajstić information content (AvgIpc) is 2.58. The SMILES string of the molecule is CCCCCCC(CC(=O)OCCCCC)C(=O)OCCCCC. The monoisotopic (exact) mass is 342 g/mol. The average molecular weight is 343 g/mol. The maximum atomic E-state index is 12.3. The van der Waals surface area contributed by atoms with Crippen molar-refractivity contribution in [2.24, 2.45) is 5.92 Å². The van der Waals surface area contributed by atoms with Gasteiger partial charge in [0.15, 0.2) is 0 Å². The fraction of sp³-hybridized carbons (Fsp3) is 0.900. The molecule has 0 amide bonds. The van der Waals surface area contributed by atoms with E-state index in [1.165, 1.54) is 6.42 Å². The number of unbranched alkanes of at least 4 members (excludes halogenated alkanes) is 7. The second kappa shape index (κ2) is 16.8. The van der Waals surface area contributed by atoms with E-state index in [0.29, 0.717) is 13.2 Å². The first-order valence-corrected chi connectivity index (χ1v) is 9.97. The molecule has 4 nitrogen and oxygen atoms in total. The van der Waals surface area contributed by atoms with E-state index in [1.807, 2.05) is 0 Å². The van der Waals surface area contributed by atoms with E-state index in [0.717, 1.165) is 64.2 Å². The van der Waals surface area contributed by atoms with Crippen molar-refractivity contribution < 1.29 is 19.1 Å². The lowest BCUT2D eigenvalue weighted by Gasteiger charge is -2.15. The van der Waals surface area contributed by atoms with Gasteiger partial charge in [-0.3, -0.25) is 9.59 Å². The highest BCUT2D eigenvalue weighted by Crippen LogP contribution is 2.18. The van der Waals surface area contributed by atoms with Crippen molar-refractivity contribution in [3.8, 4) is 0 Å². The Kier molecular flexibility index (Phi) is 16.0. The molecule has 0 aliphatic heterocycles. The number of hydrogen-bond acceptors (Lipinski definition) is 4. The van der Waals surface area contributed by atoms with E-state index in [2.05, 4.69) is 20.8 Å². The van der Waals surface area contributed by atoms with Crippen LogP contribution in [0.15, 0.2) is 0 Å². The minimum atomic E-state index is -0.345. The summed E-state index contributed by atoms with van der Waals surface area (Å²) in [4.78, 5) is 24.2. The van der Waals surface area contributed by atoms with Gasteiger partial charge in [0.05, 0.1) is 25.6 Å². The van der Waals surface area contributed by atoms with E-state index in [1.54, 1.807) is 0 Å². The Hall–Kier alpha value is -1.06. The zero-order valence-electron chi connectivity index (χ0n) is 16.1. The zero-order chi connectivity index (χ0) is 18.0. The molecule has 0 N–H and O–H groups in total. The maximum absolute atomic E-state index is 12.3. The molecule has 4 heteroatoms. The molecule has 0 spiro atoms. The molecule has 24 heavy (non-hydrogen) atoms. The molecular formula is C20H38O4. The summed E-state index contributed by atoms with van der Waals surface area (Å²) >= 11 is 0. The van der Waals surface area contributed by atoms with Gasteiger partial charge in [0.1, 0.15) is 0 Å². The lowest BCUT2D eigenvalue weighted by molar-refractivity contribution is -0.155. The Morgan fingerprint density at radius 1 is 0.708 bits per heavy atom. The number of rotatable bonds is 16. The third-order valence-electron chi connectivity index (χ3n) is 4.16. The van der Waals surface area contributed by atoms with Crippen LogP contribution in [-0.2, 0) is 19.1 Å². The third kappa shape index (κ3) is 13.4. The quantitative estimate of drug-likeness (QED) is 0.277. The first kappa shape index (κ1) is 22.9. The van der Waals surface area contributed by atoms with Crippen LogP contribution in [0.2, 0.25) is 0 Å². The van der Waals surface area contributed by atoms with Gasteiger partial charge in [0, 0.05) is 0 Å². The first-order chi connectivity index (χ1) is 11.7. The fourth-order valence-corrected chi connectivity index (χ4v) is 2.56. The molecule has 0 heterocycles. The Bertz CT molecular complexity index is 315. The number of esters is 2. The molecule has 0 aromatic carbocycles. The molecule has 0 radical (unpaired) electrons. The van der Waals surface area contributed by atoms with Crippen LogP contribution in [0.5, 0.6) is 0 Å². The van der Waals surface area contributed by atoms with Gasteiger partial charge >= 0.3 is 11.9 Å². The lowest BCUT2D eigenvalue weighted by atomic mass is 9.97. The van der Waals surface area contributed by atoms with Crippen molar-refractivity contribution in [2.45, 2.75) is 97.8 Å². The van der Waals surface area contributed by atoms with E-state index < -0.39 is 0 Å². The van der Waals surface area contributed by atoms with Gasteiger partial charge < -0.3 is 9.47 Å². The summed E-state index contributed by atoms with van der Waals surface area (Å²) in [5, 5.41) is 0. The highest BCUT2D eigenvalue weighted by Gasteiger charge is 2.23. The molecule has 1 unspecified atom stereocenters. The number of carbonyl (C=O) groups excluding carboxylic acids is 2. The summed E-state index contributed by atoms with van der Waals surface area (Å²) in [5.41, 5.74) is 0. The maximum Gasteiger partial charge on any atom is 0.309 e. The molecule has 0 aromatic heterocycles. The van der Waals surface area contributed by atoms with Gasteiger partial charge in [-0.1, -0.05) is 72.1 Å². The van der Waals surface area contributed by atoms with Crippen LogP contribution in [0.3, 0.4) is 0 Å². The zero-order valence-corrected chi connectivity index (χ0v) is 16.1. The lowest BCUT2D eigenvalue weighted by Crippen LogP contribution is -2.23. The smallest absolute Gasteiger partial charge is 0.309 e. The van der Waals surface area contributed by atoms with Crippen molar-refractivity contribution >= 4 is 11.9 Å². The van der Waals surface area contributed by atoms with Gasteiger partial charge in [0.25, 0.3) is 0 Å². The molecule has 0 fully saturated rings. The largest absolute Gasteiger partial charge is 0.466 e. The predicted octanol–water partition coefficient (Wildman–Crippen LogP) is 5.43. The van der Waals surface area contributed by atoms with Crippen LogP contribution < -0.4 is 0 Å². The van der Waals surface area contributed by atoms with E-state index in [4.69, 9.17) is 9.47 Å². The van der Waals surface area contributed by atoms with Gasteiger partial charge in [-0.05, 0) is 19.3 Å². The van der Waals surface area contributed by atoms with Gasteiger partial charge in [0.2, 0.25) is 0 Å². The molecule has 0 saturated heterocycles.